The molecule has 1 heterocycles. The van der Waals surface area contributed by atoms with Gasteiger partial charge in [0.2, 0.25) is 0 Å². The van der Waals surface area contributed by atoms with E-state index in [0.717, 1.165) is 18.7 Å². The van der Waals surface area contributed by atoms with Crippen molar-refractivity contribution >= 4 is 17.3 Å². The van der Waals surface area contributed by atoms with E-state index in [0.29, 0.717) is 12.5 Å². The summed E-state index contributed by atoms with van der Waals surface area (Å²) in [4.78, 5) is 5.71. The lowest BCUT2D eigenvalue weighted by Gasteiger charge is -2.10. The summed E-state index contributed by atoms with van der Waals surface area (Å²) in [6, 6.07) is 8.97. The van der Waals surface area contributed by atoms with Crippen molar-refractivity contribution in [2.45, 2.75) is 20.0 Å². The fourth-order valence-corrected chi connectivity index (χ4v) is 2.55. The van der Waals surface area contributed by atoms with E-state index >= 15 is 0 Å². The summed E-state index contributed by atoms with van der Waals surface area (Å²) in [7, 11) is 1.45. The first-order valence-corrected chi connectivity index (χ1v) is 7.98. The van der Waals surface area contributed by atoms with Gasteiger partial charge in [0.25, 0.3) is 0 Å². The molecule has 0 unspecified atom stereocenters. The highest BCUT2D eigenvalue weighted by atomic mass is 32.1. The van der Waals surface area contributed by atoms with Crippen LogP contribution in [0.4, 0.5) is 4.39 Å². The van der Waals surface area contributed by atoms with Crippen LogP contribution >= 0.6 is 11.3 Å². The zero-order valence-electron chi connectivity index (χ0n) is 12.7. The van der Waals surface area contributed by atoms with E-state index in [9.17, 15) is 4.39 Å². The average molecular weight is 321 g/mol. The third-order valence-corrected chi connectivity index (χ3v) is 3.87. The second kappa shape index (κ2) is 8.38. The van der Waals surface area contributed by atoms with Crippen molar-refractivity contribution in [2.24, 2.45) is 4.99 Å². The zero-order chi connectivity index (χ0) is 15.8. The van der Waals surface area contributed by atoms with Crippen LogP contribution in [-0.2, 0) is 13.1 Å². The van der Waals surface area contributed by atoms with Gasteiger partial charge in [0.05, 0.1) is 20.2 Å². The Morgan fingerprint density at radius 3 is 2.82 bits per heavy atom. The molecule has 1 aromatic carbocycles. The summed E-state index contributed by atoms with van der Waals surface area (Å²) in [6.45, 7) is 3.91. The first-order valence-electron chi connectivity index (χ1n) is 7.10. The molecule has 0 aliphatic rings. The van der Waals surface area contributed by atoms with Crippen LogP contribution in [0, 0.1) is 5.82 Å². The summed E-state index contributed by atoms with van der Waals surface area (Å²) >= 11 is 1.69. The molecule has 0 fully saturated rings. The molecular formula is C16H20FN3OS. The zero-order valence-corrected chi connectivity index (χ0v) is 13.5. The SMILES string of the molecule is CCNC(=NCc1ccc(OC)c(F)c1)NCc1cccs1. The predicted octanol–water partition coefficient (Wildman–Crippen LogP) is 3.15. The smallest absolute Gasteiger partial charge is 0.191 e. The molecule has 4 nitrogen and oxygen atoms in total. The van der Waals surface area contributed by atoms with Crippen molar-refractivity contribution in [2.75, 3.05) is 13.7 Å². The Balaban J connectivity index is 1.98. The molecule has 1 aromatic heterocycles. The number of hydrogen-bond acceptors (Lipinski definition) is 3. The number of methoxy groups -OCH3 is 1. The Bertz CT molecular complexity index is 614. The average Bonchev–Trinajstić information content (AvgIpc) is 3.03. The first kappa shape index (κ1) is 16.3. The van der Waals surface area contributed by atoms with Gasteiger partial charge >= 0.3 is 0 Å². The Morgan fingerprint density at radius 1 is 1.32 bits per heavy atom. The quantitative estimate of drug-likeness (QED) is 0.634. The Hall–Kier alpha value is -2.08. The van der Waals surface area contributed by atoms with E-state index in [1.807, 2.05) is 24.4 Å². The maximum atomic E-state index is 13.7. The number of guanidine groups is 1. The summed E-state index contributed by atoms with van der Waals surface area (Å²) in [5.41, 5.74) is 0.798. The van der Waals surface area contributed by atoms with Crippen LogP contribution in [-0.4, -0.2) is 19.6 Å². The lowest BCUT2D eigenvalue weighted by Crippen LogP contribution is -2.36. The van der Waals surface area contributed by atoms with Gasteiger partial charge in [-0.25, -0.2) is 9.38 Å². The van der Waals surface area contributed by atoms with Crippen LogP contribution in [0.1, 0.15) is 17.4 Å². The predicted molar refractivity (Wildman–Crippen MR) is 88.9 cm³/mol. The third-order valence-electron chi connectivity index (χ3n) is 2.99. The molecule has 0 saturated heterocycles. The molecular weight excluding hydrogens is 301 g/mol. The van der Waals surface area contributed by atoms with Gasteiger partial charge in [-0.3, -0.25) is 0 Å². The van der Waals surface area contributed by atoms with Gasteiger partial charge in [-0.2, -0.15) is 0 Å². The van der Waals surface area contributed by atoms with Crippen LogP contribution in [0.2, 0.25) is 0 Å². The molecule has 6 heteroatoms. The van der Waals surface area contributed by atoms with Crippen molar-refractivity contribution < 1.29 is 9.13 Å². The van der Waals surface area contributed by atoms with Gasteiger partial charge in [0.15, 0.2) is 17.5 Å². The van der Waals surface area contributed by atoms with Gasteiger partial charge in [-0.05, 0) is 36.1 Å². The van der Waals surface area contributed by atoms with Crippen LogP contribution in [0.5, 0.6) is 5.75 Å². The minimum atomic E-state index is -0.369. The van der Waals surface area contributed by atoms with Crippen molar-refractivity contribution in [3.63, 3.8) is 0 Å². The van der Waals surface area contributed by atoms with E-state index in [1.165, 1.54) is 18.1 Å². The fraction of sp³-hybridized carbons (Fsp3) is 0.312. The second-order valence-electron chi connectivity index (χ2n) is 4.60. The van der Waals surface area contributed by atoms with Gasteiger partial charge in [-0.15, -0.1) is 11.3 Å². The number of ether oxygens (including phenoxy) is 1. The molecule has 0 aliphatic heterocycles. The third kappa shape index (κ3) is 4.73. The summed E-state index contributed by atoms with van der Waals surface area (Å²) in [6.07, 6.45) is 0. The second-order valence-corrected chi connectivity index (χ2v) is 5.63. The summed E-state index contributed by atoms with van der Waals surface area (Å²) in [5, 5.41) is 8.48. The minimum Gasteiger partial charge on any atom is -0.494 e. The summed E-state index contributed by atoms with van der Waals surface area (Å²) in [5.74, 6) is 0.592. The Morgan fingerprint density at radius 2 is 2.18 bits per heavy atom. The standard InChI is InChI=1S/C16H20FN3OS/c1-3-18-16(20-11-13-5-4-8-22-13)19-10-12-6-7-15(21-2)14(17)9-12/h4-9H,3,10-11H2,1-2H3,(H2,18,19,20). The Labute approximate surface area is 134 Å². The molecule has 22 heavy (non-hydrogen) atoms. The maximum Gasteiger partial charge on any atom is 0.191 e. The van der Waals surface area contributed by atoms with E-state index in [4.69, 9.17) is 4.74 Å². The number of aliphatic imine (C=N–C) groups is 1. The van der Waals surface area contributed by atoms with E-state index in [2.05, 4.69) is 21.7 Å². The van der Waals surface area contributed by atoms with Crippen molar-refractivity contribution in [3.8, 4) is 5.75 Å². The van der Waals surface area contributed by atoms with Crippen molar-refractivity contribution in [1.82, 2.24) is 10.6 Å². The lowest BCUT2D eigenvalue weighted by atomic mass is 10.2. The van der Waals surface area contributed by atoms with E-state index in [1.54, 1.807) is 17.4 Å². The van der Waals surface area contributed by atoms with Crippen LogP contribution in [0.3, 0.4) is 0 Å². The largest absolute Gasteiger partial charge is 0.494 e. The first-order chi connectivity index (χ1) is 10.7. The lowest BCUT2D eigenvalue weighted by molar-refractivity contribution is 0.386. The number of nitrogens with zero attached hydrogens (tertiary/aromatic N) is 1. The fourth-order valence-electron chi connectivity index (χ4n) is 1.90. The van der Waals surface area contributed by atoms with Crippen molar-refractivity contribution in [1.29, 1.82) is 0 Å². The molecule has 0 saturated carbocycles. The molecule has 2 aromatic rings. The highest BCUT2D eigenvalue weighted by molar-refractivity contribution is 7.09. The molecule has 2 N–H and O–H groups in total. The highest BCUT2D eigenvalue weighted by Gasteiger charge is 2.04. The maximum absolute atomic E-state index is 13.7. The molecule has 0 bridgehead atoms. The molecule has 118 valence electrons. The molecule has 0 amide bonds. The number of halogens is 1. The molecule has 0 atom stereocenters. The normalized spacial score (nSPS) is 11.3. The topological polar surface area (TPSA) is 45.7 Å². The molecule has 0 aliphatic carbocycles. The number of thiophene rings is 1. The molecule has 2 rings (SSSR count). The molecule has 0 spiro atoms. The highest BCUT2D eigenvalue weighted by Crippen LogP contribution is 2.18. The van der Waals surface area contributed by atoms with Gasteiger partial charge < -0.3 is 15.4 Å². The van der Waals surface area contributed by atoms with Crippen molar-refractivity contribution in [3.05, 3.63) is 52.0 Å². The van der Waals surface area contributed by atoms with Crippen LogP contribution in [0.15, 0.2) is 40.7 Å². The number of benzene rings is 1. The minimum absolute atomic E-state index is 0.246. The monoisotopic (exact) mass is 321 g/mol. The number of nitrogens with one attached hydrogen (secondary N) is 2. The van der Waals surface area contributed by atoms with Gasteiger partial charge in [0, 0.05) is 11.4 Å². The summed E-state index contributed by atoms with van der Waals surface area (Å²) < 4.78 is 18.6. The van der Waals surface area contributed by atoms with Gasteiger partial charge in [-0.1, -0.05) is 12.1 Å². The van der Waals surface area contributed by atoms with E-state index < -0.39 is 0 Å². The van der Waals surface area contributed by atoms with Gasteiger partial charge in [0.1, 0.15) is 0 Å². The van der Waals surface area contributed by atoms with E-state index in [-0.39, 0.29) is 11.6 Å². The number of rotatable bonds is 6. The van der Waals surface area contributed by atoms with Crippen LogP contribution in [0.25, 0.3) is 0 Å². The molecule has 0 radical (unpaired) electrons. The van der Waals surface area contributed by atoms with Crippen LogP contribution < -0.4 is 15.4 Å². The Kier molecular flexibility index (Phi) is 6.21. The number of hydrogen-bond donors (Lipinski definition) is 2.